The highest BCUT2D eigenvalue weighted by Crippen LogP contribution is 2.18. The zero-order chi connectivity index (χ0) is 13.1. The quantitative estimate of drug-likeness (QED) is 0.774. The average molecular weight is 241 g/mol. The van der Waals surface area contributed by atoms with Crippen LogP contribution < -0.4 is 11.1 Å². The van der Waals surface area contributed by atoms with Crippen molar-refractivity contribution in [2.45, 2.75) is 52.6 Å². The lowest BCUT2D eigenvalue weighted by Crippen LogP contribution is -2.53. The van der Waals surface area contributed by atoms with Crippen LogP contribution in [-0.4, -0.2) is 42.5 Å². The Hall–Kier alpha value is -0.610. The molecule has 1 atom stereocenters. The van der Waals surface area contributed by atoms with Crippen molar-refractivity contribution in [1.82, 2.24) is 10.2 Å². The van der Waals surface area contributed by atoms with Gasteiger partial charge in [0, 0.05) is 19.1 Å². The minimum absolute atomic E-state index is 0.00699. The molecule has 0 radical (unpaired) electrons. The van der Waals surface area contributed by atoms with E-state index < -0.39 is 6.04 Å². The summed E-state index contributed by atoms with van der Waals surface area (Å²) in [5.74, 6) is -0.00699. The van der Waals surface area contributed by atoms with Crippen LogP contribution in [-0.2, 0) is 4.79 Å². The van der Waals surface area contributed by atoms with Crippen molar-refractivity contribution in [1.29, 1.82) is 0 Å². The van der Waals surface area contributed by atoms with Crippen molar-refractivity contribution < 1.29 is 4.79 Å². The normalized spacial score (nSPS) is 21.2. The molecule has 17 heavy (non-hydrogen) atoms. The third kappa shape index (κ3) is 4.28. The molecule has 1 aliphatic rings. The SMILES string of the molecule is CCN1CCC(NC(=O)[C@H](N)C(C)(C)C)CC1. The van der Waals surface area contributed by atoms with E-state index in [0.29, 0.717) is 6.04 Å². The van der Waals surface area contributed by atoms with Gasteiger partial charge in [-0.1, -0.05) is 27.7 Å². The molecule has 1 rings (SSSR count). The number of rotatable bonds is 3. The highest BCUT2D eigenvalue weighted by Gasteiger charge is 2.29. The molecule has 0 bridgehead atoms. The van der Waals surface area contributed by atoms with Crippen LogP contribution in [0.2, 0.25) is 0 Å². The van der Waals surface area contributed by atoms with Crippen LogP contribution >= 0.6 is 0 Å². The number of amides is 1. The lowest BCUT2D eigenvalue weighted by Gasteiger charge is -2.33. The van der Waals surface area contributed by atoms with E-state index in [-0.39, 0.29) is 11.3 Å². The molecule has 4 nitrogen and oxygen atoms in total. The van der Waals surface area contributed by atoms with Crippen LogP contribution in [0.1, 0.15) is 40.5 Å². The number of hydrogen-bond donors (Lipinski definition) is 2. The largest absolute Gasteiger partial charge is 0.352 e. The van der Waals surface area contributed by atoms with E-state index in [0.717, 1.165) is 32.5 Å². The molecule has 1 aliphatic heterocycles. The lowest BCUT2D eigenvalue weighted by atomic mass is 9.86. The molecule has 100 valence electrons. The van der Waals surface area contributed by atoms with Crippen molar-refractivity contribution in [2.24, 2.45) is 11.1 Å². The van der Waals surface area contributed by atoms with Gasteiger partial charge in [-0.25, -0.2) is 0 Å². The van der Waals surface area contributed by atoms with Gasteiger partial charge >= 0.3 is 0 Å². The highest BCUT2D eigenvalue weighted by atomic mass is 16.2. The number of carbonyl (C=O) groups is 1. The van der Waals surface area contributed by atoms with Crippen molar-refractivity contribution in [3.05, 3.63) is 0 Å². The molecule has 0 spiro atoms. The predicted octanol–water partition coefficient (Wildman–Crippen LogP) is 0.960. The second-order valence-electron chi connectivity index (χ2n) is 6.06. The van der Waals surface area contributed by atoms with Crippen LogP contribution in [0, 0.1) is 5.41 Å². The van der Waals surface area contributed by atoms with E-state index in [2.05, 4.69) is 17.1 Å². The first-order valence-electron chi connectivity index (χ1n) is 6.63. The lowest BCUT2D eigenvalue weighted by molar-refractivity contribution is -0.125. The molecule has 0 aromatic heterocycles. The molecule has 0 unspecified atom stereocenters. The first kappa shape index (κ1) is 14.5. The summed E-state index contributed by atoms with van der Waals surface area (Å²) in [6.07, 6.45) is 2.08. The Morgan fingerprint density at radius 3 is 2.35 bits per heavy atom. The summed E-state index contributed by atoms with van der Waals surface area (Å²) in [5.41, 5.74) is 5.77. The van der Waals surface area contributed by atoms with E-state index in [9.17, 15) is 4.79 Å². The van der Waals surface area contributed by atoms with Crippen LogP contribution in [0.15, 0.2) is 0 Å². The van der Waals surface area contributed by atoms with Gasteiger partial charge in [0.15, 0.2) is 0 Å². The van der Waals surface area contributed by atoms with E-state index in [1.54, 1.807) is 0 Å². The van der Waals surface area contributed by atoms with Crippen molar-refractivity contribution in [3.63, 3.8) is 0 Å². The van der Waals surface area contributed by atoms with Crippen LogP contribution in [0.4, 0.5) is 0 Å². The van der Waals surface area contributed by atoms with Gasteiger partial charge in [-0.3, -0.25) is 4.79 Å². The van der Waals surface area contributed by atoms with E-state index >= 15 is 0 Å². The minimum Gasteiger partial charge on any atom is -0.352 e. The molecule has 3 N–H and O–H groups in total. The second kappa shape index (κ2) is 5.83. The molecule has 1 fully saturated rings. The predicted molar refractivity (Wildman–Crippen MR) is 70.7 cm³/mol. The summed E-state index contributed by atoms with van der Waals surface area (Å²) in [5, 5.41) is 3.08. The Balaban J connectivity index is 2.38. The zero-order valence-electron chi connectivity index (χ0n) is 11.6. The maximum Gasteiger partial charge on any atom is 0.237 e. The first-order valence-corrected chi connectivity index (χ1v) is 6.63. The maximum absolute atomic E-state index is 12.0. The Kier molecular flexibility index (Phi) is 4.95. The van der Waals surface area contributed by atoms with E-state index in [4.69, 9.17) is 5.73 Å². The Morgan fingerprint density at radius 2 is 1.94 bits per heavy atom. The maximum atomic E-state index is 12.0. The molecule has 0 saturated carbocycles. The summed E-state index contributed by atoms with van der Waals surface area (Å²) < 4.78 is 0. The number of piperidine rings is 1. The van der Waals surface area contributed by atoms with Gasteiger partial charge in [-0.2, -0.15) is 0 Å². The highest BCUT2D eigenvalue weighted by molar-refractivity contribution is 5.82. The number of nitrogens with two attached hydrogens (primary N) is 1. The van der Waals surface area contributed by atoms with Crippen molar-refractivity contribution in [3.8, 4) is 0 Å². The van der Waals surface area contributed by atoms with Gasteiger partial charge in [0.2, 0.25) is 5.91 Å². The molecule has 1 saturated heterocycles. The third-order valence-corrected chi connectivity index (χ3v) is 3.60. The summed E-state index contributed by atoms with van der Waals surface area (Å²) >= 11 is 0. The molecule has 1 heterocycles. The average Bonchev–Trinajstić information content (AvgIpc) is 2.27. The summed E-state index contributed by atoms with van der Waals surface area (Å²) in [6.45, 7) is 11.4. The molecule has 1 amide bonds. The van der Waals surface area contributed by atoms with Crippen LogP contribution in [0.25, 0.3) is 0 Å². The molecule has 0 aromatic rings. The monoisotopic (exact) mass is 241 g/mol. The number of likely N-dealkylation sites (tertiary alicyclic amines) is 1. The molecule has 0 aliphatic carbocycles. The van der Waals surface area contributed by atoms with Crippen molar-refractivity contribution in [2.75, 3.05) is 19.6 Å². The summed E-state index contributed by atoms with van der Waals surface area (Å²) in [6, 6.07) is -0.120. The molecular weight excluding hydrogens is 214 g/mol. The fraction of sp³-hybridized carbons (Fsp3) is 0.923. The first-order chi connectivity index (χ1) is 7.84. The van der Waals surface area contributed by atoms with Gasteiger partial charge in [-0.05, 0) is 24.8 Å². The van der Waals surface area contributed by atoms with Gasteiger partial charge in [-0.15, -0.1) is 0 Å². The van der Waals surface area contributed by atoms with E-state index in [1.807, 2.05) is 20.8 Å². The Morgan fingerprint density at radius 1 is 1.41 bits per heavy atom. The number of nitrogens with zero attached hydrogens (tertiary/aromatic N) is 1. The van der Waals surface area contributed by atoms with Crippen molar-refractivity contribution >= 4 is 5.91 Å². The summed E-state index contributed by atoms with van der Waals surface area (Å²) in [4.78, 5) is 14.4. The smallest absolute Gasteiger partial charge is 0.237 e. The topological polar surface area (TPSA) is 58.4 Å². The standard InChI is InChI=1S/C13H27N3O/c1-5-16-8-6-10(7-9-16)15-12(17)11(14)13(2,3)4/h10-11H,5-9,14H2,1-4H3,(H,15,17)/t11-/m0/s1. The zero-order valence-corrected chi connectivity index (χ0v) is 11.6. The van der Waals surface area contributed by atoms with Gasteiger partial charge in [0.1, 0.15) is 0 Å². The Bertz CT molecular complexity index is 252. The molecular formula is C13H27N3O. The fourth-order valence-electron chi connectivity index (χ4n) is 2.08. The minimum atomic E-state index is -0.424. The van der Waals surface area contributed by atoms with Gasteiger partial charge in [0.25, 0.3) is 0 Å². The summed E-state index contributed by atoms with van der Waals surface area (Å²) in [7, 11) is 0. The fourth-order valence-corrected chi connectivity index (χ4v) is 2.08. The third-order valence-electron chi connectivity index (χ3n) is 3.60. The number of hydrogen-bond acceptors (Lipinski definition) is 3. The number of carbonyl (C=O) groups excluding carboxylic acids is 1. The van der Waals surface area contributed by atoms with Gasteiger partial charge in [0.05, 0.1) is 6.04 Å². The van der Waals surface area contributed by atoms with Crippen LogP contribution in [0.3, 0.4) is 0 Å². The second-order valence-corrected chi connectivity index (χ2v) is 6.06. The van der Waals surface area contributed by atoms with Crippen LogP contribution in [0.5, 0.6) is 0 Å². The van der Waals surface area contributed by atoms with E-state index in [1.165, 1.54) is 0 Å². The molecule has 0 aromatic carbocycles. The van der Waals surface area contributed by atoms with Gasteiger partial charge < -0.3 is 16.0 Å². The number of nitrogens with one attached hydrogen (secondary N) is 1. The Labute approximate surface area is 105 Å². The molecule has 4 heteroatoms.